The fourth-order valence-electron chi connectivity index (χ4n) is 0.985. The van der Waals surface area contributed by atoms with E-state index in [2.05, 4.69) is 18.8 Å². The summed E-state index contributed by atoms with van der Waals surface area (Å²) in [6.07, 6.45) is 5.27. The Balaban J connectivity index is 2.92. The van der Waals surface area contributed by atoms with E-state index < -0.39 is 0 Å². The molecule has 60 valence electrons. The number of rotatable bonds is 3. The minimum absolute atomic E-state index is 0.359. The van der Waals surface area contributed by atoms with Crippen molar-refractivity contribution in [1.29, 1.82) is 0 Å². The van der Waals surface area contributed by atoms with Gasteiger partial charge in [0.15, 0.2) is 12.1 Å². The highest BCUT2D eigenvalue weighted by atomic mass is 16.1. The molecule has 1 aromatic heterocycles. The minimum atomic E-state index is 0.359. The maximum absolute atomic E-state index is 10.4. The molecule has 0 amide bonds. The van der Waals surface area contributed by atoms with Gasteiger partial charge in [0.25, 0.3) is 0 Å². The standard InChI is InChI=1S/C8H12N2O/c1-3-7(2)10-5-4-9-8(10)6-11/h4-7H,3H2,1-2H3. The van der Waals surface area contributed by atoms with Gasteiger partial charge in [0.1, 0.15) is 0 Å². The second-order valence-corrected chi connectivity index (χ2v) is 2.57. The fourth-order valence-corrected chi connectivity index (χ4v) is 0.985. The summed E-state index contributed by atoms with van der Waals surface area (Å²) >= 11 is 0. The first-order valence-corrected chi connectivity index (χ1v) is 3.77. The van der Waals surface area contributed by atoms with Gasteiger partial charge in [-0.3, -0.25) is 4.79 Å². The molecular weight excluding hydrogens is 140 g/mol. The van der Waals surface area contributed by atoms with Gasteiger partial charge >= 0.3 is 0 Å². The number of aromatic nitrogens is 2. The molecule has 0 aliphatic carbocycles. The Morgan fingerprint density at radius 1 is 1.82 bits per heavy atom. The predicted molar refractivity (Wildman–Crippen MR) is 42.6 cm³/mol. The number of carbonyl (C=O) groups is 1. The first kappa shape index (κ1) is 7.98. The van der Waals surface area contributed by atoms with E-state index in [0.29, 0.717) is 11.9 Å². The second kappa shape index (κ2) is 3.32. The van der Waals surface area contributed by atoms with E-state index in [1.807, 2.05) is 10.8 Å². The summed E-state index contributed by atoms with van der Waals surface area (Å²) in [5.41, 5.74) is 0. The van der Waals surface area contributed by atoms with Gasteiger partial charge < -0.3 is 4.57 Å². The van der Waals surface area contributed by atoms with Crippen LogP contribution in [0, 0.1) is 0 Å². The van der Waals surface area contributed by atoms with Crippen molar-refractivity contribution in [1.82, 2.24) is 9.55 Å². The number of nitrogens with zero attached hydrogens (tertiary/aromatic N) is 2. The van der Waals surface area contributed by atoms with Crippen molar-refractivity contribution in [2.24, 2.45) is 0 Å². The van der Waals surface area contributed by atoms with E-state index in [1.165, 1.54) is 0 Å². The zero-order valence-corrected chi connectivity index (χ0v) is 6.82. The largest absolute Gasteiger partial charge is 0.326 e. The lowest BCUT2D eigenvalue weighted by Gasteiger charge is -2.10. The summed E-state index contributed by atoms with van der Waals surface area (Å²) in [6.45, 7) is 4.15. The number of imidazole rings is 1. The van der Waals surface area contributed by atoms with Crippen LogP contribution in [0.25, 0.3) is 0 Å². The molecule has 0 spiro atoms. The summed E-state index contributed by atoms with van der Waals surface area (Å²) in [7, 11) is 0. The van der Waals surface area contributed by atoms with Gasteiger partial charge in [0.05, 0.1) is 0 Å². The van der Waals surface area contributed by atoms with E-state index in [-0.39, 0.29) is 0 Å². The second-order valence-electron chi connectivity index (χ2n) is 2.57. The number of carbonyl (C=O) groups excluding carboxylic acids is 1. The third-order valence-electron chi connectivity index (χ3n) is 1.87. The zero-order valence-electron chi connectivity index (χ0n) is 6.82. The van der Waals surface area contributed by atoms with Crippen molar-refractivity contribution in [3.8, 4) is 0 Å². The number of hydrogen-bond donors (Lipinski definition) is 0. The van der Waals surface area contributed by atoms with Crippen LogP contribution in [-0.4, -0.2) is 15.8 Å². The van der Waals surface area contributed by atoms with Gasteiger partial charge in [0, 0.05) is 18.4 Å². The van der Waals surface area contributed by atoms with Crippen molar-refractivity contribution >= 4 is 6.29 Å². The third-order valence-corrected chi connectivity index (χ3v) is 1.87. The molecule has 3 nitrogen and oxygen atoms in total. The van der Waals surface area contributed by atoms with E-state index in [4.69, 9.17) is 0 Å². The smallest absolute Gasteiger partial charge is 0.185 e. The van der Waals surface area contributed by atoms with E-state index in [1.54, 1.807) is 6.20 Å². The Morgan fingerprint density at radius 3 is 3.09 bits per heavy atom. The maximum atomic E-state index is 10.4. The summed E-state index contributed by atoms with van der Waals surface area (Å²) in [4.78, 5) is 14.3. The summed E-state index contributed by atoms with van der Waals surface area (Å²) in [5.74, 6) is 0.513. The van der Waals surface area contributed by atoms with Gasteiger partial charge in [-0.25, -0.2) is 4.98 Å². The molecular formula is C8H12N2O. The highest BCUT2D eigenvalue weighted by molar-refractivity contribution is 5.69. The highest BCUT2D eigenvalue weighted by Crippen LogP contribution is 2.10. The highest BCUT2D eigenvalue weighted by Gasteiger charge is 2.05. The zero-order chi connectivity index (χ0) is 8.27. The molecule has 3 heteroatoms. The molecule has 0 bridgehead atoms. The molecule has 0 saturated heterocycles. The molecule has 1 aromatic rings. The summed E-state index contributed by atoms with van der Waals surface area (Å²) in [6, 6.07) is 0.359. The Bertz CT molecular complexity index is 242. The maximum Gasteiger partial charge on any atom is 0.185 e. The van der Waals surface area contributed by atoms with Crippen LogP contribution in [0.1, 0.15) is 36.9 Å². The van der Waals surface area contributed by atoms with E-state index in [9.17, 15) is 4.79 Å². The monoisotopic (exact) mass is 152 g/mol. The van der Waals surface area contributed by atoms with E-state index >= 15 is 0 Å². The predicted octanol–water partition coefficient (Wildman–Crippen LogP) is 1.67. The Morgan fingerprint density at radius 2 is 2.55 bits per heavy atom. The van der Waals surface area contributed by atoms with Crippen molar-refractivity contribution in [3.63, 3.8) is 0 Å². The van der Waals surface area contributed by atoms with Crippen molar-refractivity contribution in [3.05, 3.63) is 18.2 Å². The molecule has 1 atom stereocenters. The molecule has 0 saturated carbocycles. The topological polar surface area (TPSA) is 34.9 Å². The van der Waals surface area contributed by atoms with Crippen LogP contribution in [0.5, 0.6) is 0 Å². The molecule has 0 aliphatic heterocycles. The van der Waals surface area contributed by atoms with Crippen LogP contribution >= 0.6 is 0 Å². The van der Waals surface area contributed by atoms with Crippen LogP contribution in [-0.2, 0) is 0 Å². The third kappa shape index (κ3) is 1.48. The van der Waals surface area contributed by atoms with Crippen LogP contribution in [0.2, 0.25) is 0 Å². The Kier molecular flexibility index (Phi) is 2.41. The van der Waals surface area contributed by atoms with Crippen LogP contribution in [0.4, 0.5) is 0 Å². The van der Waals surface area contributed by atoms with E-state index in [0.717, 1.165) is 12.7 Å². The number of hydrogen-bond acceptors (Lipinski definition) is 2. The van der Waals surface area contributed by atoms with Crippen molar-refractivity contribution in [2.45, 2.75) is 26.3 Å². The molecule has 0 aromatic carbocycles. The molecule has 1 unspecified atom stereocenters. The van der Waals surface area contributed by atoms with Gasteiger partial charge in [-0.1, -0.05) is 6.92 Å². The Hall–Kier alpha value is -1.12. The SMILES string of the molecule is CCC(C)n1ccnc1C=O. The fraction of sp³-hybridized carbons (Fsp3) is 0.500. The first-order chi connectivity index (χ1) is 5.29. The van der Waals surface area contributed by atoms with Gasteiger partial charge in [-0.05, 0) is 13.3 Å². The van der Waals surface area contributed by atoms with Crippen LogP contribution in [0.3, 0.4) is 0 Å². The van der Waals surface area contributed by atoms with Crippen molar-refractivity contribution < 1.29 is 4.79 Å². The first-order valence-electron chi connectivity index (χ1n) is 3.77. The molecule has 0 fully saturated rings. The van der Waals surface area contributed by atoms with Crippen molar-refractivity contribution in [2.75, 3.05) is 0 Å². The quantitative estimate of drug-likeness (QED) is 0.617. The number of aldehydes is 1. The van der Waals surface area contributed by atoms with Crippen LogP contribution in [0.15, 0.2) is 12.4 Å². The van der Waals surface area contributed by atoms with Gasteiger partial charge in [0.2, 0.25) is 0 Å². The van der Waals surface area contributed by atoms with Crippen LogP contribution < -0.4 is 0 Å². The molecule has 0 radical (unpaired) electrons. The van der Waals surface area contributed by atoms with Gasteiger partial charge in [-0.2, -0.15) is 0 Å². The molecule has 1 rings (SSSR count). The average Bonchev–Trinajstić information content (AvgIpc) is 2.50. The Labute approximate surface area is 66.1 Å². The average molecular weight is 152 g/mol. The lowest BCUT2D eigenvalue weighted by atomic mass is 10.2. The summed E-state index contributed by atoms with van der Waals surface area (Å²) in [5, 5.41) is 0. The molecule has 0 N–H and O–H groups in total. The lowest BCUT2D eigenvalue weighted by molar-refractivity contribution is 0.110. The molecule has 11 heavy (non-hydrogen) atoms. The summed E-state index contributed by atoms with van der Waals surface area (Å²) < 4.78 is 1.88. The van der Waals surface area contributed by atoms with Gasteiger partial charge in [-0.15, -0.1) is 0 Å². The normalized spacial score (nSPS) is 12.9. The molecule has 0 aliphatic rings. The minimum Gasteiger partial charge on any atom is -0.326 e. The molecule has 1 heterocycles. The lowest BCUT2D eigenvalue weighted by Crippen LogP contribution is -2.06.